The minimum atomic E-state index is -0.0412. The smallest absolute Gasteiger partial charge is 0.256 e. The van der Waals surface area contributed by atoms with E-state index in [2.05, 4.69) is 47.0 Å². The van der Waals surface area contributed by atoms with Gasteiger partial charge in [0, 0.05) is 16.8 Å². The van der Waals surface area contributed by atoms with Crippen molar-refractivity contribution >= 4 is 45.3 Å². The Morgan fingerprint density at radius 2 is 1.81 bits per heavy atom. The number of aryl methyl sites for hydroxylation is 1. The van der Waals surface area contributed by atoms with Crippen LogP contribution in [0, 0.1) is 6.92 Å². The average Bonchev–Trinajstić information content (AvgIpc) is 2.81. The topological polar surface area (TPSA) is 29.1 Å². The fourth-order valence-corrected chi connectivity index (χ4v) is 3.02. The Morgan fingerprint density at radius 3 is 2.57 bits per heavy atom. The fraction of sp³-hybridized carbons (Fsp3) is 0.0556. The van der Waals surface area contributed by atoms with E-state index in [4.69, 9.17) is 0 Å². The maximum absolute atomic E-state index is 12.2. The van der Waals surface area contributed by atoms with E-state index in [-0.39, 0.29) is 5.91 Å². The quantitative estimate of drug-likeness (QED) is 0.582. The number of amides is 1. The van der Waals surface area contributed by atoms with Crippen LogP contribution in [-0.2, 0) is 4.79 Å². The zero-order chi connectivity index (χ0) is 14.8. The summed E-state index contributed by atoms with van der Waals surface area (Å²) < 4.78 is 2.02. The number of rotatable bonds is 2. The average molecular weight is 387 g/mol. The van der Waals surface area contributed by atoms with Crippen LogP contribution in [0.25, 0.3) is 11.1 Å². The highest BCUT2D eigenvalue weighted by Gasteiger charge is 2.23. The molecular weight excluding hydrogens is 373 g/mol. The number of hydrogen-bond donors (Lipinski definition) is 1. The molecule has 0 atom stereocenters. The first-order chi connectivity index (χ1) is 10.2. The highest BCUT2D eigenvalue weighted by atomic mass is 127. The molecule has 1 heterocycles. The lowest BCUT2D eigenvalue weighted by Gasteiger charge is -2.07. The molecule has 0 saturated carbocycles. The summed E-state index contributed by atoms with van der Waals surface area (Å²) in [7, 11) is 0. The predicted octanol–water partition coefficient (Wildman–Crippen LogP) is 4.81. The van der Waals surface area contributed by atoms with Gasteiger partial charge in [-0.3, -0.25) is 4.79 Å². The standard InChI is InChI=1S/C18H14INO/c1-12-6-2-3-7-14(12)13(11-19)10-16-15-8-4-5-9-17(15)20-18(16)21/h2-11H,1H3,(H,20,21)/b13-11-,16-10-. The summed E-state index contributed by atoms with van der Waals surface area (Å²) in [5, 5.41) is 2.91. The molecule has 2 nitrogen and oxygen atoms in total. The van der Waals surface area contributed by atoms with Gasteiger partial charge >= 0.3 is 0 Å². The third-order valence-corrected chi connectivity index (χ3v) is 4.25. The maximum atomic E-state index is 12.2. The number of halogens is 1. The summed E-state index contributed by atoms with van der Waals surface area (Å²) >= 11 is 2.22. The molecule has 0 fully saturated rings. The molecule has 3 rings (SSSR count). The number of allylic oxidation sites excluding steroid dienone is 2. The van der Waals surface area contributed by atoms with Crippen molar-refractivity contribution in [2.45, 2.75) is 6.92 Å². The largest absolute Gasteiger partial charge is 0.321 e. The minimum absolute atomic E-state index is 0.0412. The SMILES string of the molecule is Cc1ccccc1C(=C\I)/C=C1\C(=O)Nc2ccccc21. The van der Waals surface area contributed by atoms with Crippen LogP contribution >= 0.6 is 22.6 Å². The molecule has 0 radical (unpaired) electrons. The number of nitrogens with one attached hydrogen (secondary N) is 1. The summed E-state index contributed by atoms with van der Waals surface area (Å²) in [6.45, 7) is 2.08. The van der Waals surface area contributed by atoms with E-state index >= 15 is 0 Å². The van der Waals surface area contributed by atoms with Crippen LogP contribution in [0.4, 0.5) is 5.69 Å². The summed E-state index contributed by atoms with van der Waals surface area (Å²) in [4.78, 5) is 12.2. The van der Waals surface area contributed by atoms with E-state index in [1.807, 2.05) is 46.6 Å². The maximum Gasteiger partial charge on any atom is 0.256 e. The number of para-hydroxylation sites is 1. The van der Waals surface area contributed by atoms with Crippen LogP contribution in [0.1, 0.15) is 16.7 Å². The lowest BCUT2D eigenvalue weighted by Crippen LogP contribution is -2.04. The highest BCUT2D eigenvalue weighted by molar-refractivity contribution is 14.1. The summed E-state index contributed by atoms with van der Waals surface area (Å²) in [5.41, 5.74) is 5.96. The molecule has 1 aliphatic rings. The van der Waals surface area contributed by atoms with Gasteiger partial charge in [0.2, 0.25) is 0 Å². The van der Waals surface area contributed by atoms with Crippen LogP contribution in [0.5, 0.6) is 0 Å². The van der Waals surface area contributed by atoms with Crippen LogP contribution in [0.3, 0.4) is 0 Å². The number of fused-ring (bicyclic) bond motifs is 1. The van der Waals surface area contributed by atoms with Crippen molar-refractivity contribution in [3.05, 3.63) is 75.4 Å². The van der Waals surface area contributed by atoms with E-state index in [1.54, 1.807) is 0 Å². The lowest BCUT2D eigenvalue weighted by atomic mass is 9.98. The molecule has 1 N–H and O–H groups in total. The van der Waals surface area contributed by atoms with E-state index in [1.165, 1.54) is 5.56 Å². The molecule has 1 aliphatic heterocycles. The Morgan fingerprint density at radius 1 is 1.10 bits per heavy atom. The van der Waals surface area contributed by atoms with Gasteiger partial charge in [0.15, 0.2) is 0 Å². The zero-order valence-electron chi connectivity index (χ0n) is 11.6. The van der Waals surface area contributed by atoms with Gasteiger partial charge in [0.25, 0.3) is 5.91 Å². The highest BCUT2D eigenvalue weighted by Crippen LogP contribution is 2.34. The number of benzene rings is 2. The molecule has 0 aromatic heterocycles. The van der Waals surface area contributed by atoms with Gasteiger partial charge in [-0.1, -0.05) is 65.1 Å². The molecule has 21 heavy (non-hydrogen) atoms. The van der Waals surface area contributed by atoms with E-state index in [9.17, 15) is 4.79 Å². The minimum Gasteiger partial charge on any atom is -0.321 e. The zero-order valence-corrected chi connectivity index (χ0v) is 13.7. The summed E-state index contributed by atoms with van der Waals surface area (Å²) in [6.07, 6.45) is 1.97. The van der Waals surface area contributed by atoms with Gasteiger partial charge < -0.3 is 5.32 Å². The van der Waals surface area contributed by atoms with Crippen molar-refractivity contribution in [3.8, 4) is 0 Å². The lowest BCUT2D eigenvalue weighted by molar-refractivity contribution is -0.110. The first-order valence-corrected chi connectivity index (χ1v) is 7.94. The molecular formula is C18H14INO. The Labute approximate surface area is 137 Å². The van der Waals surface area contributed by atoms with Gasteiger partial charge in [-0.25, -0.2) is 0 Å². The van der Waals surface area contributed by atoms with Gasteiger partial charge in [-0.2, -0.15) is 0 Å². The third-order valence-electron chi connectivity index (χ3n) is 3.58. The van der Waals surface area contributed by atoms with Gasteiger partial charge in [-0.05, 0) is 39.8 Å². The van der Waals surface area contributed by atoms with Crippen molar-refractivity contribution in [1.82, 2.24) is 0 Å². The fourth-order valence-electron chi connectivity index (χ4n) is 2.50. The molecule has 0 unspecified atom stereocenters. The predicted molar refractivity (Wildman–Crippen MR) is 96.2 cm³/mol. The van der Waals surface area contributed by atoms with Gasteiger partial charge in [0.05, 0.1) is 0 Å². The first-order valence-electron chi connectivity index (χ1n) is 6.69. The molecule has 0 spiro atoms. The summed E-state index contributed by atoms with van der Waals surface area (Å²) in [6, 6.07) is 16.0. The molecule has 1 amide bonds. The Hall–Kier alpha value is -1.88. The summed E-state index contributed by atoms with van der Waals surface area (Å²) in [5.74, 6) is -0.0412. The number of hydrogen-bond acceptors (Lipinski definition) is 1. The van der Waals surface area contributed by atoms with Crippen LogP contribution in [-0.4, -0.2) is 5.91 Å². The van der Waals surface area contributed by atoms with Crippen molar-refractivity contribution in [2.24, 2.45) is 0 Å². The van der Waals surface area contributed by atoms with E-state index < -0.39 is 0 Å². The Balaban J connectivity index is 2.09. The van der Waals surface area contributed by atoms with Crippen LogP contribution in [0.15, 0.2) is 58.7 Å². The van der Waals surface area contributed by atoms with Crippen molar-refractivity contribution in [3.63, 3.8) is 0 Å². The molecule has 2 aromatic rings. The molecule has 2 aromatic carbocycles. The normalized spacial score (nSPS) is 16.0. The molecule has 0 saturated heterocycles. The second-order valence-electron chi connectivity index (χ2n) is 4.94. The number of anilines is 1. The van der Waals surface area contributed by atoms with E-state index in [0.29, 0.717) is 0 Å². The monoisotopic (exact) mass is 387 g/mol. The van der Waals surface area contributed by atoms with Gasteiger partial charge in [-0.15, -0.1) is 0 Å². The Bertz CT molecular complexity index is 774. The second kappa shape index (κ2) is 5.85. The molecule has 3 heteroatoms. The van der Waals surface area contributed by atoms with Crippen LogP contribution in [0.2, 0.25) is 0 Å². The number of carbonyl (C=O) groups is 1. The van der Waals surface area contributed by atoms with Gasteiger partial charge in [0.1, 0.15) is 0 Å². The van der Waals surface area contributed by atoms with Crippen LogP contribution < -0.4 is 5.32 Å². The molecule has 104 valence electrons. The van der Waals surface area contributed by atoms with Crippen molar-refractivity contribution in [2.75, 3.05) is 5.32 Å². The Kier molecular flexibility index (Phi) is 3.92. The van der Waals surface area contributed by atoms with Crippen molar-refractivity contribution < 1.29 is 4.79 Å². The first kappa shape index (κ1) is 14.1. The van der Waals surface area contributed by atoms with Crippen molar-refractivity contribution in [1.29, 1.82) is 0 Å². The number of carbonyl (C=O) groups excluding carboxylic acids is 1. The molecule has 0 aliphatic carbocycles. The second-order valence-corrected chi connectivity index (χ2v) is 5.56. The third kappa shape index (κ3) is 2.65. The van der Waals surface area contributed by atoms with E-state index in [0.717, 1.165) is 28.0 Å². The molecule has 0 bridgehead atoms.